The van der Waals surface area contributed by atoms with Crippen LogP contribution >= 0.6 is 0 Å². The molecule has 0 aliphatic carbocycles. The van der Waals surface area contributed by atoms with E-state index in [0.717, 1.165) is 4.31 Å². The van der Waals surface area contributed by atoms with Crippen LogP contribution in [0.2, 0.25) is 0 Å². The van der Waals surface area contributed by atoms with Gasteiger partial charge in [0.15, 0.2) is 5.82 Å². The molecule has 1 N–H and O–H groups in total. The van der Waals surface area contributed by atoms with Gasteiger partial charge in [-0.3, -0.25) is 0 Å². The lowest BCUT2D eigenvalue weighted by molar-refractivity contribution is 0.364. The summed E-state index contributed by atoms with van der Waals surface area (Å²) in [6, 6.07) is 4.59. The molecule has 0 spiro atoms. The van der Waals surface area contributed by atoms with E-state index in [1.54, 1.807) is 19.1 Å². The number of sulfonamides is 1. The van der Waals surface area contributed by atoms with Crippen LogP contribution in [0, 0.1) is 6.92 Å². The number of anilines is 1. The van der Waals surface area contributed by atoms with Crippen molar-refractivity contribution in [3.8, 4) is 5.75 Å². The molecule has 1 aromatic carbocycles. The van der Waals surface area contributed by atoms with Crippen LogP contribution < -0.4 is 10.1 Å². The van der Waals surface area contributed by atoms with Crippen molar-refractivity contribution in [1.82, 2.24) is 14.4 Å². The summed E-state index contributed by atoms with van der Waals surface area (Å²) in [7, 11) is 0.752. The zero-order chi connectivity index (χ0) is 17.2. The van der Waals surface area contributed by atoms with Crippen molar-refractivity contribution in [2.24, 2.45) is 0 Å². The van der Waals surface area contributed by atoms with Crippen LogP contribution in [0.5, 0.6) is 5.75 Å². The first-order chi connectivity index (χ1) is 10.8. The number of hydrogen-bond acceptors (Lipinski definition) is 7. The number of nitrogens with zero attached hydrogens (tertiary/aromatic N) is 3. The summed E-state index contributed by atoms with van der Waals surface area (Å²) in [5.41, 5.74) is 0.606. The first-order valence-electron chi connectivity index (χ1n) is 6.93. The second-order valence-electron chi connectivity index (χ2n) is 5.20. The minimum absolute atomic E-state index is 0.0870. The zero-order valence-corrected chi connectivity index (χ0v) is 14.5. The highest BCUT2D eigenvalue weighted by Gasteiger charge is 2.23. The van der Waals surface area contributed by atoms with Crippen molar-refractivity contribution in [2.45, 2.75) is 24.8 Å². The van der Waals surface area contributed by atoms with Gasteiger partial charge in [0.2, 0.25) is 15.9 Å². The van der Waals surface area contributed by atoms with Gasteiger partial charge in [-0.1, -0.05) is 5.16 Å². The van der Waals surface area contributed by atoms with E-state index in [2.05, 4.69) is 15.5 Å². The topological polar surface area (TPSA) is 97.6 Å². The van der Waals surface area contributed by atoms with Gasteiger partial charge in [0.1, 0.15) is 16.7 Å². The Labute approximate surface area is 135 Å². The molecule has 126 valence electrons. The molecule has 0 unspecified atom stereocenters. The molecule has 8 nitrogen and oxygen atoms in total. The maximum absolute atomic E-state index is 12.4. The molecule has 0 aliphatic rings. The fraction of sp³-hybridized carbons (Fsp3) is 0.429. The number of rotatable bonds is 6. The van der Waals surface area contributed by atoms with Crippen LogP contribution in [0.15, 0.2) is 27.6 Å². The van der Waals surface area contributed by atoms with E-state index < -0.39 is 10.0 Å². The molecule has 0 fully saturated rings. The summed E-state index contributed by atoms with van der Waals surface area (Å²) in [6.45, 7) is 3.58. The number of aromatic nitrogens is 2. The number of hydrogen-bond donors (Lipinski definition) is 1. The monoisotopic (exact) mass is 340 g/mol. The normalized spacial score (nSPS) is 13.1. The van der Waals surface area contributed by atoms with E-state index in [9.17, 15) is 8.42 Å². The minimum atomic E-state index is -3.62. The maximum atomic E-state index is 12.4. The van der Waals surface area contributed by atoms with E-state index in [1.807, 2.05) is 6.92 Å². The lowest BCUT2D eigenvalue weighted by Gasteiger charge is -2.17. The van der Waals surface area contributed by atoms with Crippen LogP contribution in [0.25, 0.3) is 0 Å². The van der Waals surface area contributed by atoms with Crippen LogP contribution in [-0.2, 0) is 10.0 Å². The quantitative estimate of drug-likeness (QED) is 0.856. The third kappa shape index (κ3) is 3.62. The Morgan fingerprint density at radius 1 is 1.35 bits per heavy atom. The van der Waals surface area contributed by atoms with Crippen molar-refractivity contribution in [2.75, 3.05) is 26.5 Å². The Bertz CT molecular complexity index is 786. The zero-order valence-electron chi connectivity index (χ0n) is 13.7. The third-order valence-electron chi connectivity index (χ3n) is 3.22. The number of nitrogens with one attached hydrogen (secondary N) is 1. The summed E-state index contributed by atoms with van der Waals surface area (Å²) in [6.07, 6.45) is 0. The van der Waals surface area contributed by atoms with Gasteiger partial charge in [-0.15, -0.1) is 0 Å². The molecule has 0 saturated carbocycles. The predicted octanol–water partition coefficient (Wildman–Crippen LogP) is 1.81. The van der Waals surface area contributed by atoms with E-state index in [0.29, 0.717) is 17.4 Å². The van der Waals surface area contributed by atoms with Crippen molar-refractivity contribution < 1.29 is 17.7 Å². The first-order valence-corrected chi connectivity index (χ1v) is 8.37. The third-order valence-corrected chi connectivity index (χ3v) is 5.06. The molecule has 2 rings (SSSR count). The van der Waals surface area contributed by atoms with Gasteiger partial charge >= 0.3 is 0 Å². The minimum Gasteiger partial charge on any atom is -0.495 e. The van der Waals surface area contributed by atoms with Gasteiger partial charge in [0, 0.05) is 19.8 Å². The Balaban J connectivity index is 2.34. The van der Waals surface area contributed by atoms with Gasteiger partial charge in [-0.2, -0.15) is 4.98 Å². The van der Waals surface area contributed by atoms with Crippen LogP contribution in [-0.4, -0.2) is 44.1 Å². The lowest BCUT2D eigenvalue weighted by atomic mass is 10.2. The summed E-state index contributed by atoms with van der Waals surface area (Å²) < 4.78 is 36.2. The highest BCUT2D eigenvalue weighted by molar-refractivity contribution is 7.89. The standard InChI is InChI=1S/C14H20N4O4S/c1-9(14-16-10(2)17-22-14)15-11-6-7-12(21-5)13(8-11)23(19,20)18(3)4/h6-9,15H,1-5H3/t9-/m0/s1. The molecule has 0 bridgehead atoms. The number of ether oxygens (including phenoxy) is 1. The van der Waals surface area contributed by atoms with E-state index >= 15 is 0 Å². The van der Waals surface area contributed by atoms with Crippen molar-refractivity contribution >= 4 is 15.7 Å². The molecular weight excluding hydrogens is 320 g/mol. The Morgan fingerprint density at radius 3 is 2.57 bits per heavy atom. The second-order valence-corrected chi connectivity index (χ2v) is 7.32. The highest BCUT2D eigenvalue weighted by Crippen LogP contribution is 2.30. The van der Waals surface area contributed by atoms with E-state index in [-0.39, 0.29) is 16.7 Å². The smallest absolute Gasteiger partial charge is 0.248 e. The molecule has 1 atom stereocenters. The Morgan fingerprint density at radius 2 is 2.04 bits per heavy atom. The molecule has 0 aliphatic heterocycles. The highest BCUT2D eigenvalue weighted by atomic mass is 32.2. The lowest BCUT2D eigenvalue weighted by Crippen LogP contribution is -2.23. The molecule has 0 amide bonds. The number of methoxy groups -OCH3 is 1. The average molecular weight is 340 g/mol. The van der Waals surface area contributed by atoms with Crippen molar-refractivity contribution in [3.05, 3.63) is 29.9 Å². The number of aryl methyl sites for hydroxylation is 1. The van der Waals surface area contributed by atoms with Gasteiger partial charge in [0.05, 0.1) is 7.11 Å². The summed E-state index contributed by atoms with van der Waals surface area (Å²) in [5.74, 6) is 1.25. The van der Waals surface area contributed by atoms with E-state index in [1.165, 1.54) is 27.3 Å². The molecule has 0 radical (unpaired) electrons. The fourth-order valence-corrected chi connectivity index (χ4v) is 3.04. The SMILES string of the molecule is COc1ccc(N[C@@H](C)c2nc(C)no2)cc1S(=O)(=O)N(C)C. The molecule has 1 aromatic heterocycles. The average Bonchev–Trinajstić information content (AvgIpc) is 2.93. The van der Waals surface area contributed by atoms with Crippen molar-refractivity contribution in [3.63, 3.8) is 0 Å². The maximum Gasteiger partial charge on any atom is 0.248 e. The summed E-state index contributed by atoms with van der Waals surface area (Å²) in [5, 5.41) is 6.88. The second kappa shape index (κ2) is 6.55. The van der Waals surface area contributed by atoms with Gasteiger partial charge in [-0.05, 0) is 32.0 Å². The van der Waals surface area contributed by atoms with Gasteiger partial charge < -0.3 is 14.6 Å². The van der Waals surface area contributed by atoms with Gasteiger partial charge in [-0.25, -0.2) is 12.7 Å². The largest absolute Gasteiger partial charge is 0.495 e. The van der Waals surface area contributed by atoms with Crippen LogP contribution in [0.3, 0.4) is 0 Å². The Hall–Kier alpha value is -2.13. The molecule has 0 saturated heterocycles. The predicted molar refractivity (Wildman–Crippen MR) is 84.9 cm³/mol. The van der Waals surface area contributed by atoms with E-state index in [4.69, 9.17) is 9.26 Å². The first kappa shape index (κ1) is 17.2. The van der Waals surface area contributed by atoms with Crippen LogP contribution in [0.4, 0.5) is 5.69 Å². The number of benzene rings is 1. The molecule has 9 heteroatoms. The summed E-state index contributed by atoms with van der Waals surface area (Å²) >= 11 is 0. The fourth-order valence-electron chi connectivity index (χ4n) is 1.97. The molecular formula is C14H20N4O4S. The Kier molecular flexibility index (Phi) is 4.90. The summed E-state index contributed by atoms with van der Waals surface area (Å²) in [4.78, 5) is 4.24. The van der Waals surface area contributed by atoms with Gasteiger partial charge in [0.25, 0.3) is 0 Å². The van der Waals surface area contributed by atoms with Crippen molar-refractivity contribution in [1.29, 1.82) is 0 Å². The molecule has 2 aromatic rings. The van der Waals surface area contributed by atoms with Crippen LogP contribution in [0.1, 0.15) is 24.7 Å². The molecule has 1 heterocycles. The molecule has 23 heavy (non-hydrogen) atoms.